The van der Waals surface area contributed by atoms with Gasteiger partial charge in [0.1, 0.15) is 5.76 Å². The summed E-state index contributed by atoms with van der Waals surface area (Å²) in [7, 11) is 3.19. The first-order valence-corrected chi connectivity index (χ1v) is 8.66. The third kappa shape index (κ3) is 4.93. The number of ether oxygens (including phenoxy) is 1. The van der Waals surface area contributed by atoms with Gasteiger partial charge in [-0.25, -0.2) is 4.39 Å². The molecule has 0 unspecified atom stereocenters. The van der Waals surface area contributed by atoms with E-state index in [9.17, 15) is 22.4 Å². The Balaban J connectivity index is 1.54. The molecule has 0 aliphatic rings. The third-order valence-corrected chi connectivity index (χ3v) is 3.87. The van der Waals surface area contributed by atoms with Crippen molar-refractivity contribution in [1.82, 2.24) is 20.2 Å². The molecule has 0 atom stereocenters. The molecule has 0 aliphatic heterocycles. The first-order chi connectivity index (χ1) is 14.1. The summed E-state index contributed by atoms with van der Waals surface area (Å²) in [5.41, 5.74) is 0.201. The van der Waals surface area contributed by atoms with Gasteiger partial charge in [-0.1, -0.05) is 10.3 Å². The molecule has 0 saturated carbocycles. The molecule has 160 valence electrons. The molecule has 0 fully saturated rings. The zero-order valence-corrected chi connectivity index (χ0v) is 15.9. The minimum atomic E-state index is -4.78. The Labute approximate surface area is 167 Å². The molecule has 2 heterocycles. The highest BCUT2D eigenvalue weighted by atomic mass is 19.4. The molecule has 12 heteroatoms. The Bertz CT molecular complexity index is 1030. The minimum Gasteiger partial charge on any atom is -0.491 e. The minimum absolute atomic E-state index is 0.0128. The van der Waals surface area contributed by atoms with E-state index in [1.807, 2.05) is 0 Å². The van der Waals surface area contributed by atoms with E-state index in [1.165, 1.54) is 23.1 Å². The van der Waals surface area contributed by atoms with Gasteiger partial charge >= 0.3 is 12.1 Å². The van der Waals surface area contributed by atoms with Gasteiger partial charge in [-0.15, -0.1) is 0 Å². The number of carbonyl (C=O) groups excluding carboxylic acids is 1. The first kappa shape index (κ1) is 21.3. The number of aryl methyl sites for hydroxylation is 1. The summed E-state index contributed by atoms with van der Waals surface area (Å²) < 4.78 is 66.3. The fraction of sp³-hybridized carbons (Fsp3) is 0.333. The van der Waals surface area contributed by atoms with Crippen molar-refractivity contribution in [3.05, 3.63) is 47.4 Å². The lowest BCUT2D eigenvalue weighted by atomic mass is 10.2. The smallest absolute Gasteiger partial charge is 0.471 e. The van der Waals surface area contributed by atoms with Gasteiger partial charge in [-0.2, -0.15) is 18.2 Å². The van der Waals surface area contributed by atoms with E-state index in [1.54, 1.807) is 14.1 Å². The molecule has 0 radical (unpaired) electrons. The topological polar surface area (TPSA) is 94.5 Å². The summed E-state index contributed by atoms with van der Waals surface area (Å²) in [5.74, 6) is -2.57. The van der Waals surface area contributed by atoms with Gasteiger partial charge in [0, 0.05) is 32.1 Å². The largest absolute Gasteiger partial charge is 0.491 e. The second kappa shape index (κ2) is 8.51. The fourth-order valence-electron chi connectivity index (χ4n) is 2.40. The molecule has 3 rings (SSSR count). The van der Waals surface area contributed by atoms with Gasteiger partial charge in [0.25, 0.3) is 5.91 Å². The Morgan fingerprint density at radius 2 is 1.93 bits per heavy atom. The van der Waals surface area contributed by atoms with Gasteiger partial charge in [-0.05, 0) is 24.6 Å². The zero-order valence-electron chi connectivity index (χ0n) is 15.9. The van der Waals surface area contributed by atoms with E-state index in [4.69, 9.17) is 9.26 Å². The number of alkyl halides is 3. The number of benzene rings is 1. The predicted octanol–water partition coefficient (Wildman–Crippen LogP) is 3.60. The number of hydrogen-bond donors (Lipinski definition) is 0. The Morgan fingerprint density at radius 3 is 2.57 bits per heavy atom. The molecule has 8 nitrogen and oxygen atoms in total. The molecule has 0 bridgehead atoms. The van der Waals surface area contributed by atoms with Crippen LogP contribution in [0.1, 0.15) is 28.6 Å². The second-order valence-corrected chi connectivity index (χ2v) is 6.40. The number of hydrogen-bond acceptors (Lipinski definition) is 7. The second-order valence-electron chi connectivity index (χ2n) is 6.40. The van der Waals surface area contributed by atoms with Crippen LogP contribution in [0.25, 0.3) is 11.4 Å². The van der Waals surface area contributed by atoms with Crippen molar-refractivity contribution in [2.45, 2.75) is 19.0 Å². The number of rotatable bonds is 7. The van der Waals surface area contributed by atoms with Crippen molar-refractivity contribution in [3.8, 4) is 17.1 Å². The van der Waals surface area contributed by atoms with E-state index in [0.29, 0.717) is 18.6 Å². The van der Waals surface area contributed by atoms with Crippen LogP contribution in [0.15, 0.2) is 33.3 Å². The van der Waals surface area contributed by atoms with E-state index in [0.717, 1.165) is 6.07 Å². The first-order valence-electron chi connectivity index (χ1n) is 8.66. The van der Waals surface area contributed by atoms with Crippen LogP contribution in [0.2, 0.25) is 0 Å². The lowest BCUT2D eigenvalue weighted by molar-refractivity contribution is -0.159. The Hall–Kier alpha value is -3.44. The summed E-state index contributed by atoms with van der Waals surface area (Å²) in [5, 5.41) is 6.89. The molecule has 0 aliphatic carbocycles. The van der Waals surface area contributed by atoms with Crippen LogP contribution in [0.3, 0.4) is 0 Å². The average molecular weight is 428 g/mol. The number of halogens is 4. The van der Waals surface area contributed by atoms with Gasteiger partial charge in [0.15, 0.2) is 17.3 Å². The molecule has 3 aromatic rings. The third-order valence-electron chi connectivity index (χ3n) is 3.87. The summed E-state index contributed by atoms with van der Waals surface area (Å²) in [6.45, 7) is 0.133. The SMILES string of the molecule is CN(C)C(=O)c1cc(CCCOc2ccc(-c3noc(C(F)(F)F)n3)cc2F)on1. The maximum Gasteiger partial charge on any atom is 0.471 e. The van der Waals surface area contributed by atoms with Crippen molar-refractivity contribution in [2.75, 3.05) is 20.7 Å². The van der Waals surface area contributed by atoms with E-state index < -0.39 is 17.9 Å². The van der Waals surface area contributed by atoms with Gasteiger partial charge in [-0.3, -0.25) is 4.79 Å². The van der Waals surface area contributed by atoms with Crippen LogP contribution in [-0.2, 0) is 12.6 Å². The molecule has 2 aromatic heterocycles. The van der Waals surface area contributed by atoms with Crippen LogP contribution >= 0.6 is 0 Å². The summed E-state index contributed by atoms with van der Waals surface area (Å²) in [4.78, 5) is 16.3. The molecule has 0 N–H and O–H groups in total. The highest BCUT2D eigenvalue weighted by Crippen LogP contribution is 2.30. The van der Waals surface area contributed by atoms with Crippen molar-refractivity contribution >= 4 is 5.91 Å². The van der Waals surface area contributed by atoms with E-state index in [2.05, 4.69) is 19.8 Å². The van der Waals surface area contributed by atoms with E-state index >= 15 is 0 Å². The van der Waals surface area contributed by atoms with Crippen molar-refractivity contribution < 1.29 is 36.1 Å². The van der Waals surface area contributed by atoms with Crippen LogP contribution in [0.5, 0.6) is 5.75 Å². The van der Waals surface area contributed by atoms with Crippen molar-refractivity contribution in [1.29, 1.82) is 0 Å². The Morgan fingerprint density at radius 1 is 1.17 bits per heavy atom. The van der Waals surface area contributed by atoms with Crippen LogP contribution in [0, 0.1) is 5.82 Å². The standard InChI is InChI=1S/C18H16F4N4O4/c1-26(2)16(27)13-9-11(29-24-13)4-3-7-28-14-6-5-10(8-12(14)19)15-23-17(30-25-15)18(20,21)22/h5-6,8-9H,3-4,7H2,1-2H3. The molecular weight excluding hydrogens is 412 g/mol. The highest BCUT2D eigenvalue weighted by molar-refractivity contribution is 5.91. The highest BCUT2D eigenvalue weighted by Gasteiger charge is 2.38. The van der Waals surface area contributed by atoms with Gasteiger partial charge in [0.05, 0.1) is 6.61 Å². The molecule has 0 saturated heterocycles. The maximum absolute atomic E-state index is 14.2. The number of amides is 1. The normalized spacial score (nSPS) is 11.5. The number of aromatic nitrogens is 3. The lowest BCUT2D eigenvalue weighted by Crippen LogP contribution is -2.21. The van der Waals surface area contributed by atoms with Crippen LogP contribution in [-0.4, -0.2) is 46.8 Å². The molecule has 0 spiro atoms. The summed E-state index contributed by atoms with van der Waals surface area (Å²) in [6.07, 6.45) is -3.92. The maximum atomic E-state index is 14.2. The van der Waals surface area contributed by atoms with Crippen LogP contribution < -0.4 is 4.74 Å². The van der Waals surface area contributed by atoms with E-state index in [-0.39, 0.29) is 35.3 Å². The Kier molecular flexibility index (Phi) is 6.04. The number of nitrogens with zero attached hydrogens (tertiary/aromatic N) is 4. The molecule has 1 aromatic carbocycles. The monoisotopic (exact) mass is 428 g/mol. The van der Waals surface area contributed by atoms with Crippen molar-refractivity contribution in [2.24, 2.45) is 0 Å². The lowest BCUT2D eigenvalue weighted by Gasteiger charge is -2.07. The summed E-state index contributed by atoms with van der Waals surface area (Å²) >= 11 is 0. The quantitative estimate of drug-likeness (QED) is 0.419. The predicted molar refractivity (Wildman–Crippen MR) is 93.0 cm³/mol. The fourth-order valence-corrected chi connectivity index (χ4v) is 2.40. The summed E-state index contributed by atoms with van der Waals surface area (Å²) in [6, 6.07) is 5.06. The van der Waals surface area contributed by atoms with Gasteiger partial charge in [0.2, 0.25) is 5.82 Å². The van der Waals surface area contributed by atoms with Gasteiger partial charge < -0.3 is 18.7 Å². The van der Waals surface area contributed by atoms with Crippen LogP contribution in [0.4, 0.5) is 17.6 Å². The number of carbonyl (C=O) groups is 1. The zero-order chi connectivity index (χ0) is 21.9. The molecule has 1 amide bonds. The van der Waals surface area contributed by atoms with Crippen molar-refractivity contribution in [3.63, 3.8) is 0 Å². The average Bonchev–Trinajstić information content (AvgIpc) is 3.35. The molecule has 30 heavy (non-hydrogen) atoms. The molecular formula is C18H16F4N4O4.